The summed E-state index contributed by atoms with van der Waals surface area (Å²) < 4.78 is 2.17. The van der Waals surface area contributed by atoms with Crippen molar-refractivity contribution in [2.24, 2.45) is 11.8 Å². The number of rotatable bonds is 0. The predicted molar refractivity (Wildman–Crippen MR) is 132 cm³/mol. The van der Waals surface area contributed by atoms with Gasteiger partial charge in [-0.2, -0.15) is 4.98 Å². The van der Waals surface area contributed by atoms with E-state index in [2.05, 4.69) is 48.7 Å². The highest BCUT2D eigenvalue weighted by Crippen LogP contribution is 2.51. The zero-order valence-corrected chi connectivity index (χ0v) is 19.8. The lowest BCUT2D eigenvalue weighted by atomic mass is 9.77. The van der Waals surface area contributed by atoms with Crippen LogP contribution in [-0.4, -0.2) is 36.1 Å². The lowest BCUT2D eigenvalue weighted by Gasteiger charge is -2.39. The van der Waals surface area contributed by atoms with Gasteiger partial charge in [0, 0.05) is 11.1 Å². The van der Waals surface area contributed by atoms with Gasteiger partial charge in [0.05, 0.1) is 0 Å². The number of carbonyl (C=O) groups is 1. The Bertz CT molecular complexity index is 1380. The lowest BCUT2D eigenvalue weighted by Crippen LogP contribution is -2.38. The van der Waals surface area contributed by atoms with Crippen LogP contribution in [0.25, 0.3) is 16.9 Å². The average Bonchev–Trinajstić information content (AvgIpc) is 3.40. The molecule has 5 aliphatic rings. The molecule has 8 rings (SSSR count). The zero-order chi connectivity index (χ0) is 23.4. The molecule has 178 valence electrons. The fourth-order valence-electron chi connectivity index (χ4n) is 7.19. The Labute approximate surface area is 203 Å². The van der Waals surface area contributed by atoms with Gasteiger partial charge in [-0.3, -0.25) is 14.7 Å². The van der Waals surface area contributed by atoms with E-state index in [9.17, 15) is 4.79 Å². The van der Waals surface area contributed by atoms with Gasteiger partial charge in [-0.25, -0.2) is 0 Å². The second kappa shape index (κ2) is 8.07. The van der Waals surface area contributed by atoms with E-state index in [1.807, 2.05) is 18.2 Å². The minimum Gasteiger partial charge on any atom is -0.292 e. The van der Waals surface area contributed by atoms with E-state index in [1.165, 1.54) is 43.3 Å². The fraction of sp³-hybridized carbons (Fsp3) is 0.481. The molecule has 1 spiro atoms. The van der Waals surface area contributed by atoms with E-state index in [-0.39, 0.29) is 11.4 Å². The second-order valence-electron chi connectivity index (χ2n) is 10.8. The summed E-state index contributed by atoms with van der Waals surface area (Å²) in [6.07, 6.45) is 16.0. The maximum atomic E-state index is 13.5. The van der Waals surface area contributed by atoms with Crippen molar-refractivity contribution in [1.29, 1.82) is 0 Å². The number of benzene rings is 1. The molecule has 8 nitrogen and oxygen atoms in total. The topological polar surface area (TPSA) is 98.5 Å². The number of amides is 1. The molecule has 35 heavy (non-hydrogen) atoms. The first-order valence-corrected chi connectivity index (χ1v) is 12.9. The Morgan fingerprint density at radius 3 is 2.80 bits per heavy atom. The number of nitrogens with zero attached hydrogens (tertiary/aromatic N) is 6. The van der Waals surface area contributed by atoms with Gasteiger partial charge in [0.2, 0.25) is 17.2 Å². The monoisotopic (exact) mass is 467 g/mol. The summed E-state index contributed by atoms with van der Waals surface area (Å²) in [4.78, 5) is 18.2. The Balaban J connectivity index is 1.40. The fourth-order valence-corrected chi connectivity index (χ4v) is 7.19. The van der Waals surface area contributed by atoms with Crippen LogP contribution < -0.4 is 5.32 Å². The highest BCUT2D eigenvalue weighted by molar-refractivity contribution is 6.04. The molecular weight excluding hydrogens is 438 g/mol. The molecule has 1 unspecified atom stereocenters. The number of anilines is 1. The van der Waals surface area contributed by atoms with Gasteiger partial charge in [0.25, 0.3) is 5.91 Å². The van der Waals surface area contributed by atoms with Crippen molar-refractivity contribution in [2.75, 3.05) is 5.32 Å². The number of allylic oxidation sites excluding steroid dienone is 4. The summed E-state index contributed by atoms with van der Waals surface area (Å²) in [5.41, 5.74) is 5.44. The summed E-state index contributed by atoms with van der Waals surface area (Å²) in [5, 5.41) is 19.2. The first-order chi connectivity index (χ1) is 17.2. The van der Waals surface area contributed by atoms with Gasteiger partial charge in [-0.15, -0.1) is 10.2 Å². The minimum atomic E-state index is -0.168. The van der Waals surface area contributed by atoms with Crippen LogP contribution in [0.3, 0.4) is 0 Å². The summed E-state index contributed by atoms with van der Waals surface area (Å²) in [7, 11) is 0. The van der Waals surface area contributed by atoms with Crippen LogP contribution in [0.2, 0.25) is 0 Å². The highest BCUT2D eigenvalue weighted by atomic mass is 16.1. The van der Waals surface area contributed by atoms with E-state index in [0.29, 0.717) is 28.7 Å². The van der Waals surface area contributed by atoms with Crippen molar-refractivity contribution in [1.82, 2.24) is 30.2 Å². The predicted octanol–water partition coefficient (Wildman–Crippen LogP) is 5.06. The molecule has 3 heterocycles. The molecule has 0 radical (unpaired) electrons. The van der Waals surface area contributed by atoms with Crippen molar-refractivity contribution < 1.29 is 4.79 Å². The van der Waals surface area contributed by atoms with Crippen molar-refractivity contribution in [3.63, 3.8) is 0 Å². The normalized spacial score (nSPS) is 28.2. The van der Waals surface area contributed by atoms with Crippen LogP contribution in [-0.2, 0) is 5.54 Å². The molecule has 3 saturated carbocycles. The van der Waals surface area contributed by atoms with Crippen LogP contribution in [0.1, 0.15) is 80.1 Å². The SMILES string of the molecule is O=C1Nc2nc3nnnnc3n2C23CCC(CC2)CC(CCCC2=C(C=CC2)c2cccc1c2)C3. The van der Waals surface area contributed by atoms with Crippen LogP contribution >= 0.6 is 0 Å². The van der Waals surface area contributed by atoms with Crippen molar-refractivity contribution in [2.45, 2.75) is 69.7 Å². The first kappa shape index (κ1) is 20.9. The molecule has 5 bridgehead atoms. The number of carbonyl (C=O) groups excluding carboxylic acids is 1. The number of hydrogen-bond donors (Lipinski definition) is 1. The summed E-state index contributed by atoms with van der Waals surface area (Å²) >= 11 is 0. The average molecular weight is 468 g/mol. The molecular formula is C27H29N7O. The number of nitrogens with one attached hydrogen (secondary N) is 1. The van der Waals surface area contributed by atoms with Crippen LogP contribution in [0.15, 0.2) is 42.0 Å². The van der Waals surface area contributed by atoms with Gasteiger partial charge in [0.15, 0.2) is 0 Å². The van der Waals surface area contributed by atoms with Gasteiger partial charge < -0.3 is 0 Å². The third-order valence-corrected chi connectivity index (χ3v) is 8.78. The van der Waals surface area contributed by atoms with Crippen LogP contribution in [0.4, 0.5) is 5.95 Å². The smallest absolute Gasteiger partial charge is 0.257 e. The molecule has 1 atom stereocenters. The summed E-state index contributed by atoms with van der Waals surface area (Å²) in [6, 6.07) is 7.94. The quantitative estimate of drug-likeness (QED) is 0.496. The van der Waals surface area contributed by atoms with E-state index < -0.39 is 0 Å². The van der Waals surface area contributed by atoms with Gasteiger partial charge in [-0.1, -0.05) is 36.3 Å². The van der Waals surface area contributed by atoms with E-state index in [0.717, 1.165) is 43.6 Å². The highest BCUT2D eigenvalue weighted by Gasteiger charge is 2.45. The number of hydrogen-bond acceptors (Lipinski definition) is 6. The first-order valence-electron chi connectivity index (χ1n) is 12.9. The lowest BCUT2D eigenvalue weighted by molar-refractivity contribution is 0.102. The minimum absolute atomic E-state index is 0.131. The number of imidazole rings is 1. The molecule has 3 fully saturated rings. The molecule has 3 aromatic rings. The van der Waals surface area contributed by atoms with Crippen molar-refractivity contribution in [3.05, 3.63) is 53.1 Å². The molecule has 8 heteroatoms. The molecule has 1 aromatic carbocycles. The number of fused-ring (bicyclic) bond motifs is 8. The molecule has 1 N–H and O–H groups in total. The maximum absolute atomic E-state index is 13.5. The molecule has 4 aliphatic carbocycles. The molecule has 0 saturated heterocycles. The van der Waals surface area contributed by atoms with Gasteiger partial charge >= 0.3 is 0 Å². The van der Waals surface area contributed by atoms with E-state index >= 15 is 0 Å². The third kappa shape index (κ3) is 3.49. The maximum Gasteiger partial charge on any atom is 0.257 e. The Kier molecular flexibility index (Phi) is 4.82. The Morgan fingerprint density at radius 2 is 1.89 bits per heavy atom. The van der Waals surface area contributed by atoms with Crippen molar-refractivity contribution in [3.8, 4) is 0 Å². The summed E-state index contributed by atoms with van der Waals surface area (Å²) in [6.45, 7) is 0. The summed E-state index contributed by atoms with van der Waals surface area (Å²) in [5.74, 6) is 1.78. The Morgan fingerprint density at radius 1 is 1.03 bits per heavy atom. The van der Waals surface area contributed by atoms with Crippen LogP contribution in [0, 0.1) is 11.8 Å². The number of aromatic nitrogens is 6. The van der Waals surface area contributed by atoms with E-state index in [1.54, 1.807) is 0 Å². The van der Waals surface area contributed by atoms with Gasteiger partial charge in [-0.05, 0) is 103 Å². The molecule has 1 amide bonds. The Hall–Kier alpha value is -3.42. The van der Waals surface area contributed by atoms with Gasteiger partial charge in [0.1, 0.15) is 0 Å². The largest absolute Gasteiger partial charge is 0.292 e. The third-order valence-electron chi connectivity index (χ3n) is 8.78. The second-order valence-corrected chi connectivity index (χ2v) is 10.8. The molecule has 2 aromatic heterocycles. The van der Waals surface area contributed by atoms with Crippen molar-refractivity contribution >= 4 is 28.7 Å². The standard InChI is InChI=1S/C27H29N7O/c35-25-21-8-2-7-20(15-21)22-9-3-6-19(22)5-1-4-18-14-17-10-12-27(16-18,13-11-17)34-24-23(28-26(34)29-25)30-32-33-31-24/h2-3,7-9,15,17-18H,1,4-6,10-14,16H2,(H,28,29,30,33,35). The van der Waals surface area contributed by atoms with E-state index in [4.69, 9.17) is 4.98 Å². The zero-order valence-electron chi connectivity index (χ0n) is 19.8. The molecule has 1 aliphatic heterocycles. The van der Waals surface area contributed by atoms with Crippen LogP contribution in [0.5, 0.6) is 0 Å².